The van der Waals surface area contributed by atoms with Gasteiger partial charge in [-0.05, 0) is 31.1 Å². The second-order valence-corrected chi connectivity index (χ2v) is 7.90. The molecule has 1 heterocycles. The van der Waals surface area contributed by atoms with Gasteiger partial charge in [0.1, 0.15) is 5.82 Å². The Balaban J connectivity index is 1.98. The third-order valence-corrected chi connectivity index (χ3v) is 5.75. The molecule has 1 saturated heterocycles. The third-order valence-electron chi connectivity index (χ3n) is 5.37. The normalized spacial score (nSPS) is 16.0. The SMILES string of the molecule is CCCCCC(CC)NC(=S)N(CCN1CCOCC1)Cc1ccccc1F. The molecule has 1 atom stereocenters. The summed E-state index contributed by atoms with van der Waals surface area (Å²) in [4.78, 5) is 4.50. The molecule has 6 heteroatoms. The fourth-order valence-corrected chi connectivity index (χ4v) is 3.78. The van der Waals surface area contributed by atoms with Crippen molar-refractivity contribution >= 4 is 17.3 Å². The van der Waals surface area contributed by atoms with E-state index < -0.39 is 0 Å². The van der Waals surface area contributed by atoms with Gasteiger partial charge in [0.05, 0.1) is 13.2 Å². The van der Waals surface area contributed by atoms with E-state index in [1.807, 2.05) is 12.1 Å². The molecule has 1 aliphatic rings. The number of unbranched alkanes of at least 4 members (excludes halogenated alkanes) is 2. The summed E-state index contributed by atoms with van der Waals surface area (Å²) < 4.78 is 19.7. The van der Waals surface area contributed by atoms with Gasteiger partial charge in [0.15, 0.2) is 5.11 Å². The van der Waals surface area contributed by atoms with Gasteiger partial charge in [-0.3, -0.25) is 4.90 Å². The molecular formula is C22H36FN3OS. The third kappa shape index (κ3) is 8.02. The summed E-state index contributed by atoms with van der Waals surface area (Å²) in [5.41, 5.74) is 0.688. The summed E-state index contributed by atoms with van der Waals surface area (Å²) in [6.45, 7) is 10.1. The maximum Gasteiger partial charge on any atom is 0.169 e. The Bertz CT molecular complexity index is 581. The van der Waals surface area contributed by atoms with Gasteiger partial charge in [-0.15, -0.1) is 0 Å². The Labute approximate surface area is 175 Å². The maximum atomic E-state index is 14.2. The van der Waals surface area contributed by atoms with Crippen molar-refractivity contribution in [2.75, 3.05) is 39.4 Å². The molecule has 0 aliphatic carbocycles. The highest BCUT2D eigenvalue weighted by molar-refractivity contribution is 7.80. The minimum atomic E-state index is -0.170. The molecule has 0 bridgehead atoms. The Kier molecular flexibility index (Phi) is 10.8. The summed E-state index contributed by atoms with van der Waals surface area (Å²) in [5, 5.41) is 4.28. The Morgan fingerprint density at radius 3 is 2.68 bits per heavy atom. The first-order valence-electron chi connectivity index (χ1n) is 10.7. The number of nitrogens with zero attached hydrogens (tertiary/aromatic N) is 2. The second kappa shape index (κ2) is 13.1. The van der Waals surface area contributed by atoms with Gasteiger partial charge in [-0.2, -0.15) is 0 Å². The lowest BCUT2D eigenvalue weighted by Gasteiger charge is -2.33. The molecule has 1 aromatic carbocycles. The van der Waals surface area contributed by atoms with Crippen LogP contribution in [0.15, 0.2) is 24.3 Å². The summed E-state index contributed by atoms with van der Waals surface area (Å²) >= 11 is 5.76. The number of hydrogen-bond acceptors (Lipinski definition) is 3. The van der Waals surface area contributed by atoms with Crippen LogP contribution in [0, 0.1) is 5.82 Å². The van der Waals surface area contributed by atoms with Crippen molar-refractivity contribution in [1.82, 2.24) is 15.1 Å². The van der Waals surface area contributed by atoms with Crippen LogP contribution in [0.25, 0.3) is 0 Å². The predicted octanol–water partition coefficient (Wildman–Crippen LogP) is 4.19. The monoisotopic (exact) mass is 409 g/mol. The molecule has 158 valence electrons. The molecule has 1 aliphatic heterocycles. The minimum Gasteiger partial charge on any atom is -0.379 e. The molecule has 1 fully saturated rings. The molecular weight excluding hydrogens is 373 g/mol. The Hall–Kier alpha value is -1.24. The molecule has 0 saturated carbocycles. The van der Waals surface area contributed by atoms with Crippen molar-refractivity contribution < 1.29 is 9.13 Å². The zero-order valence-corrected chi connectivity index (χ0v) is 18.3. The van der Waals surface area contributed by atoms with Gasteiger partial charge < -0.3 is 15.0 Å². The average Bonchev–Trinajstić information content (AvgIpc) is 2.72. The molecule has 0 spiro atoms. The van der Waals surface area contributed by atoms with E-state index in [1.54, 1.807) is 6.07 Å². The van der Waals surface area contributed by atoms with E-state index in [0.29, 0.717) is 18.2 Å². The number of hydrogen-bond donors (Lipinski definition) is 1. The van der Waals surface area contributed by atoms with Crippen molar-refractivity contribution in [1.29, 1.82) is 0 Å². The van der Waals surface area contributed by atoms with Crippen LogP contribution in [0.3, 0.4) is 0 Å². The number of ether oxygens (including phenoxy) is 1. The van der Waals surface area contributed by atoms with E-state index in [9.17, 15) is 4.39 Å². The molecule has 1 N–H and O–H groups in total. The number of thiocarbonyl (C=S) groups is 1. The molecule has 0 radical (unpaired) electrons. The fourth-order valence-electron chi connectivity index (χ4n) is 3.46. The maximum absolute atomic E-state index is 14.2. The van der Waals surface area contributed by atoms with Gasteiger partial charge in [0, 0.05) is 44.3 Å². The van der Waals surface area contributed by atoms with E-state index in [1.165, 1.54) is 25.3 Å². The summed E-state index contributed by atoms with van der Waals surface area (Å²) in [6.07, 6.45) is 5.86. The summed E-state index contributed by atoms with van der Waals surface area (Å²) in [6, 6.07) is 7.36. The molecule has 0 amide bonds. The van der Waals surface area contributed by atoms with Gasteiger partial charge in [-0.1, -0.05) is 51.3 Å². The van der Waals surface area contributed by atoms with Crippen molar-refractivity contribution in [3.63, 3.8) is 0 Å². The van der Waals surface area contributed by atoms with Crippen LogP contribution < -0.4 is 5.32 Å². The Morgan fingerprint density at radius 1 is 1.25 bits per heavy atom. The zero-order valence-electron chi connectivity index (χ0n) is 17.5. The van der Waals surface area contributed by atoms with E-state index in [0.717, 1.165) is 57.3 Å². The first-order valence-corrected chi connectivity index (χ1v) is 11.1. The number of morpholine rings is 1. The number of nitrogens with one attached hydrogen (secondary N) is 1. The first kappa shape index (κ1) is 23.0. The van der Waals surface area contributed by atoms with Crippen LogP contribution in [0.5, 0.6) is 0 Å². The molecule has 28 heavy (non-hydrogen) atoms. The number of rotatable bonds is 11. The van der Waals surface area contributed by atoms with Crippen LogP contribution in [0.1, 0.15) is 51.5 Å². The lowest BCUT2D eigenvalue weighted by molar-refractivity contribution is 0.0356. The Morgan fingerprint density at radius 2 is 2.00 bits per heavy atom. The smallest absolute Gasteiger partial charge is 0.169 e. The lowest BCUT2D eigenvalue weighted by atomic mass is 10.1. The lowest BCUT2D eigenvalue weighted by Crippen LogP contribution is -2.48. The quantitative estimate of drug-likeness (QED) is 0.437. The minimum absolute atomic E-state index is 0.170. The van der Waals surface area contributed by atoms with Crippen LogP contribution in [-0.2, 0) is 11.3 Å². The molecule has 2 rings (SSSR count). The van der Waals surface area contributed by atoms with E-state index in [-0.39, 0.29) is 5.82 Å². The van der Waals surface area contributed by atoms with Crippen LogP contribution in [0.2, 0.25) is 0 Å². The van der Waals surface area contributed by atoms with Crippen molar-refractivity contribution in [2.24, 2.45) is 0 Å². The largest absolute Gasteiger partial charge is 0.379 e. The molecule has 4 nitrogen and oxygen atoms in total. The van der Waals surface area contributed by atoms with Crippen LogP contribution in [0.4, 0.5) is 4.39 Å². The van der Waals surface area contributed by atoms with Crippen LogP contribution >= 0.6 is 12.2 Å². The van der Waals surface area contributed by atoms with E-state index in [4.69, 9.17) is 17.0 Å². The van der Waals surface area contributed by atoms with Gasteiger partial charge >= 0.3 is 0 Å². The van der Waals surface area contributed by atoms with Crippen molar-refractivity contribution in [2.45, 2.75) is 58.5 Å². The van der Waals surface area contributed by atoms with E-state index >= 15 is 0 Å². The average molecular weight is 410 g/mol. The second-order valence-electron chi connectivity index (χ2n) is 7.52. The molecule has 1 aromatic rings. The molecule has 1 unspecified atom stereocenters. The van der Waals surface area contributed by atoms with Crippen molar-refractivity contribution in [3.05, 3.63) is 35.6 Å². The van der Waals surface area contributed by atoms with E-state index in [2.05, 4.69) is 29.0 Å². The summed E-state index contributed by atoms with van der Waals surface area (Å²) in [7, 11) is 0. The first-order chi connectivity index (χ1) is 13.6. The van der Waals surface area contributed by atoms with Crippen LogP contribution in [-0.4, -0.2) is 60.3 Å². The highest BCUT2D eigenvalue weighted by Gasteiger charge is 2.18. The number of halogens is 1. The highest BCUT2D eigenvalue weighted by Crippen LogP contribution is 2.12. The van der Waals surface area contributed by atoms with Gasteiger partial charge in [0.25, 0.3) is 0 Å². The fraction of sp³-hybridized carbons (Fsp3) is 0.682. The zero-order chi connectivity index (χ0) is 20.2. The standard InChI is InChI=1S/C22H36FN3OS/c1-3-5-6-10-20(4-2)24-22(28)26(13-12-25-14-16-27-17-15-25)18-19-9-7-8-11-21(19)23/h7-9,11,20H,3-6,10,12-18H2,1-2H3,(H,24,28). The summed E-state index contributed by atoms with van der Waals surface area (Å²) in [5.74, 6) is -0.170. The van der Waals surface area contributed by atoms with Gasteiger partial charge in [-0.25, -0.2) is 4.39 Å². The molecule has 0 aromatic heterocycles. The van der Waals surface area contributed by atoms with Crippen molar-refractivity contribution in [3.8, 4) is 0 Å². The van der Waals surface area contributed by atoms with Gasteiger partial charge in [0.2, 0.25) is 0 Å². The number of benzene rings is 1. The highest BCUT2D eigenvalue weighted by atomic mass is 32.1. The predicted molar refractivity (Wildman–Crippen MR) is 118 cm³/mol. The topological polar surface area (TPSA) is 27.7 Å².